The minimum absolute atomic E-state index is 0.238. The monoisotopic (exact) mass is 406 g/mol. The SMILES string of the molecule is CN(C)c1cc(C(F)(F)F)cc(-c2ccc(C=NNc3nc(N)cs3)cc2)n1. The summed E-state index contributed by atoms with van der Waals surface area (Å²) < 4.78 is 39.6. The zero-order chi connectivity index (χ0) is 20.3. The Morgan fingerprint density at radius 3 is 2.43 bits per heavy atom. The van der Waals surface area contributed by atoms with Crippen molar-refractivity contribution in [1.29, 1.82) is 0 Å². The maximum absolute atomic E-state index is 13.2. The van der Waals surface area contributed by atoms with E-state index in [9.17, 15) is 13.2 Å². The number of anilines is 3. The van der Waals surface area contributed by atoms with Crippen molar-refractivity contribution >= 4 is 34.3 Å². The molecular formula is C18H17F3N6S. The third kappa shape index (κ3) is 4.77. The predicted molar refractivity (Wildman–Crippen MR) is 107 cm³/mol. The molecule has 3 N–H and O–H groups in total. The van der Waals surface area contributed by atoms with Crippen molar-refractivity contribution in [3.8, 4) is 11.3 Å². The Morgan fingerprint density at radius 1 is 1.14 bits per heavy atom. The smallest absolute Gasteiger partial charge is 0.383 e. The Balaban J connectivity index is 1.81. The summed E-state index contributed by atoms with van der Waals surface area (Å²) in [6.45, 7) is 0. The van der Waals surface area contributed by atoms with Gasteiger partial charge in [0.2, 0.25) is 5.13 Å². The number of hydrogen-bond acceptors (Lipinski definition) is 7. The first-order valence-corrected chi connectivity index (χ1v) is 8.97. The zero-order valence-corrected chi connectivity index (χ0v) is 15.8. The zero-order valence-electron chi connectivity index (χ0n) is 15.0. The third-order valence-electron chi connectivity index (χ3n) is 3.70. The van der Waals surface area contributed by atoms with Crippen LogP contribution >= 0.6 is 11.3 Å². The Bertz CT molecular complexity index is 980. The highest BCUT2D eigenvalue weighted by Gasteiger charge is 2.32. The number of rotatable bonds is 5. The van der Waals surface area contributed by atoms with Crippen molar-refractivity contribution < 1.29 is 13.2 Å². The van der Waals surface area contributed by atoms with Crippen LogP contribution in [0.15, 0.2) is 46.9 Å². The van der Waals surface area contributed by atoms with Crippen LogP contribution in [0.2, 0.25) is 0 Å². The number of halogens is 3. The van der Waals surface area contributed by atoms with E-state index in [1.165, 1.54) is 16.2 Å². The lowest BCUT2D eigenvalue weighted by Crippen LogP contribution is -2.14. The number of alkyl halides is 3. The molecule has 0 fully saturated rings. The van der Waals surface area contributed by atoms with Gasteiger partial charge in [0.05, 0.1) is 17.5 Å². The van der Waals surface area contributed by atoms with E-state index < -0.39 is 11.7 Å². The number of pyridine rings is 1. The van der Waals surface area contributed by atoms with Gasteiger partial charge < -0.3 is 10.6 Å². The van der Waals surface area contributed by atoms with Crippen LogP contribution in [-0.2, 0) is 6.18 Å². The van der Waals surface area contributed by atoms with Gasteiger partial charge in [0, 0.05) is 25.0 Å². The normalized spacial score (nSPS) is 11.8. The first kappa shape index (κ1) is 19.6. The standard InChI is InChI=1S/C18H17F3N6S/c1-27(2)16-8-13(18(19,20)21)7-14(24-16)12-5-3-11(4-6-12)9-23-26-17-25-15(22)10-28-17/h3-10H,22H2,1-2H3,(H,25,26). The fourth-order valence-electron chi connectivity index (χ4n) is 2.30. The molecule has 28 heavy (non-hydrogen) atoms. The van der Waals surface area contributed by atoms with Gasteiger partial charge in [-0.15, -0.1) is 11.3 Å². The summed E-state index contributed by atoms with van der Waals surface area (Å²) in [5.74, 6) is 0.653. The van der Waals surface area contributed by atoms with Gasteiger partial charge in [-0.3, -0.25) is 5.43 Å². The molecule has 0 aliphatic heterocycles. The third-order valence-corrected chi connectivity index (χ3v) is 4.46. The van der Waals surface area contributed by atoms with E-state index in [2.05, 4.69) is 20.5 Å². The summed E-state index contributed by atoms with van der Waals surface area (Å²) in [6.07, 6.45) is -2.87. The summed E-state index contributed by atoms with van der Waals surface area (Å²) >= 11 is 1.33. The summed E-state index contributed by atoms with van der Waals surface area (Å²) in [5.41, 5.74) is 9.14. The fraction of sp³-hybridized carbons (Fsp3) is 0.167. The van der Waals surface area contributed by atoms with Crippen LogP contribution in [0.5, 0.6) is 0 Å². The number of nitrogens with zero attached hydrogens (tertiary/aromatic N) is 4. The van der Waals surface area contributed by atoms with Gasteiger partial charge in [-0.2, -0.15) is 18.3 Å². The first-order valence-electron chi connectivity index (χ1n) is 8.09. The minimum Gasteiger partial charge on any atom is -0.383 e. The summed E-state index contributed by atoms with van der Waals surface area (Å²) in [7, 11) is 3.30. The highest BCUT2D eigenvalue weighted by molar-refractivity contribution is 7.14. The minimum atomic E-state index is -4.44. The lowest BCUT2D eigenvalue weighted by Gasteiger charge is -2.16. The molecule has 0 aliphatic rings. The Morgan fingerprint density at radius 2 is 1.86 bits per heavy atom. The molecule has 0 aliphatic carbocycles. The van der Waals surface area contributed by atoms with Gasteiger partial charge in [-0.05, 0) is 17.7 Å². The van der Waals surface area contributed by atoms with Crippen LogP contribution in [0, 0.1) is 0 Å². The van der Waals surface area contributed by atoms with Gasteiger partial charge in [-0.25, -0.2) is 9.97 Å². The number of thiazole rings is 1. The second-order valence-corrected chi connectivity index (χ2v) is 6.92. The van der Waals surface area contributed by atoms with Gasteiger partial charge >= 0.3 is 6.18 Å². The molecule has 10 heteroatoms. The van der Waals surface area contributed by atoms with Crippen molar-refractivity contribution in [3.63, 3.8) is 0 Å². The van der Waals surface area contributed by atoms with E-state index in [4.69, 9.17) is 5.73 Å². The molecule has 6 nitrogen and oxygen atoms in total. The van der Waals surface area contributed by atoms with Crippen molar-refractivity contribution in [2.75, 3.05) is 30.2 Å². The van der Waals surface area contributed by atoms with Crippen molar-refractivity contribution in [2.24, 2.45) is 5.10 Å². The van der Waals surface area contributed by atoms with E-state index in [1.807, 2.05) is 0 Å². The summed E-state index contributed by atoms with van der Waals surface area (Å²) in [4.78, 5) is 9.86. The maximum atomic E-state index is 13.2. The number of benzene rings is 1. The molecule has 0 saturated carbocycles. The molecule has 0 atom stereocenters. The molecule has 146 valence electrons. The maximum Gasteiger partial charge on any atom is 0.416 e. The first-order chi connectivity index (χ1) is 13.2. The molecule has 2 aromatic heterocycles. The van der Waals surface area contributed by atoms with E-state index in [0.717, 1.165) is 17.7 Å². The van der Waals surface area contributed by atoms with Crippen molar-refractivity contribution in [1.82, 2.24) is 9.97 Å². The average Bonchev–Trinajstić information content (AvgIpc) is 3.06. The van der Waals surface area contributed by atoms with Gasteiger partial charge in [0.25, 0.3) is 0 Å². The van der Waals surface area contributed by atoms with Crippen LogP contribution < -0.4 is 16.1 Å². The van der Waals surface area contributed by atoms with E-state index in [-0.39, 0.29) is 11.5 Å². The summed E-state index contributed by atoms with van der Waals surface area (Å²) in [6, 6.07) is 8.96. The number of hydrazone groups is 1. The van der Waals surface area contributed by atoms with Crippen molar-refractivity contribution in [3.05, 3.63) is 52.9 Å². The number of aromatic nitrogens is 2. The molecular weight excluding hydrogens is 389 g/mol. The second kappa shape index (κ2) is 7.85. The molecule has 0 bridgehead atoms. The quantitative estimate of drug-likeness (QED) is 0.487. The van der Waals surface area contributed by atoms with Crippen LogP contribution in [-0.4, -0.2) is 30.3 Å². The molecule has 2 heterocycles. The number of nitrogen functional groups attached to an aromatic ring is 1. The predicted octanol–water partition coefficient (Wildman–Crippen LogP) is 4.32. The topological polar surface area (TPSA) is 79.4 Å². The van der Waals surface area contributed by atoms with E-state index in [0.29, 0.717) is 16.5 Å². The van der Waals surface area contributed by atoms with Crippen LogP contribution in [0.4, 0.5) is 29.9 Å². The number of nitrogens with two attached hydrogens (primary N) is 1. The van der Waals surface area contributed by atoms with Gasteiger partial charge in [0.1, 0.15) is 11.6 Å². The van der Waals surface area contributed by atoms with Crippen LogP contribution in [0.1, 0.15) is 11.1 Å². The molecule has 0 unspecified atom stereocenters. The van der Waals surface area contributed by atoms with Gasteiger partial charge in [0.15, 0.2) is 0 Å². The number of hydrogen-bond donors (Lipinski definition) is 2. The number of nitrogens with one attached hydrogen (secondary N) is 1. The molecule has 3 rings (SSSR count). The Labute approximate surface area is 163 Å². The summed E-state index contributed by atoms with van der Waals surface area (Å²) in [5, 5.41) is 6.31. The molecule has 0 saturated heterocycles. The lowest BCUT2D eigenvalue weighted by molar-refractivity contribution is -0.137. The van der Waals surface area contributed by atoms with Crippen LogP contribution in [0.3, 0.4) is 0 Å². The van der Waals surface area contributed by atoms with E-state index in [1.54, 1.807) is 50.0 Å². The van der Waals surface area contributed by atoms with Gasteiger partial charge in [-0.1, -0.05) is 24.3 Å². The second-order valence-electron chi connectivity index (χ2n) is 6.06. The lowest BCUT2D eigenvalue weighted by atomic mass is 10.1. The van der Waals surface area contributed by atoms with E-state index >= 15 is 0 Å². The van der Waals surface area contributed by atoms with Crippen molar-refractivity contribution in [2.45, 2.75) is 6.18 Å². The average molecular weight is 406 g/mol. The molecule has 1 aromatic carbocycles. The largest absolute Gasteiger partial charge is 0.416 e. The fourth-order valence-corrected chi connectivity index (χ4v) is 2.84. The highest BCUT2D eigenvalue weighted by Crippen LogP contribution is 2.33. The Kier molecular flexibility index (Phi) is 5.50. The highest BCUT2D eigenvalue weighted by atomic mass is 32.1. The molecule has 0 amide bonds. The Hall–Kier alpha value is -3.14. The molecule has 0 radical (unpaired) electrons. The van der Waals surface area contributed by atoms with Crippen LogP contribution in [0.25, 0.3) is 11.3 Å². The molecule has 0 spiro atoms. The molecule has 3 aromatic rings.